The van der Waals surface area contributed by atoms with Gasteiger partial charge in [0.05, 0.1) is 0 Å². The van der Waals surface area contributed by atoms with Crippen LogP contribution in [0.5, 0.6) is 0 Å². The van der Waals surface area contributed by atoms with Gasteiger partial charge >= 0.3 is 29.6 Å². The maximum absolute atomic E-state index is 8.67. The van der Waals surface area contributed by atoms with Crippen LogP contribution >= 0.6 is 0 Å². The van der Waals surface area contributed by atoms with E-state index in [1.54, 1.807) is 0 Å². The van der Waals surface area contributed by atoms with Gasteiger partial charge in [-0.1, -0.05) is 0 Å². The van der Waals surface area contributed by atoms with E-state index in [0.717, 1.165) is 0 Å². The Hall–Kier alpha value is 0.990. The Bertz CT molecular complexity index is 31.1. The Morgan fingerprint density at radius 1 is 1.14 bits per heavy atom. The standard InChI is InChI=1S/Na.H2O3S.H2O2.H/c;1-4(2)3;1-2;/h;(H2,1,2,3);1-2H;. The second-order valence-corrected chi connectivity index (χ2v) is 0.692. The van der Waals surface area contributed by atoms with Crippen LogP contribution in [-0.4, -0.2) is 53.4 Å². The van der Waals surface area contributed by atoms with E-state index < -0.39 is 11.4 Å². The Kier molecular flexibility index (Phi) is 35.3. The Balaban J connectivity index is -0.0000000480. The van der Waals surface area contributed by atoms with E-state index in [9.17, 15) is 0 Å². The minimum absolute atomic E-state index is 0. The van der Waals surface area contributed by atoms with Crippen LogP contribution in [0.4, 0.5) is 0 Å². The molecule has 0 aromatic rings. The van der Waals surface area contributed by atoms with Crippen molar-refractivity contribution in [1.29, 1.82) is 0 Å². The van der Waals surface area contributed by atoms with E-state index in [4.69, 9.17) is 23.8 Å². The van der Waals surface area contributed by atoms with Gasteiger partial charge in [0.25, 0.3) is 11.4 Å². The monoisotopic (exact) mass is 140 g/mol. The fourth-order valence-electron chi connectivity index (χ4n) is 0. The molecule has 0 aromatic heterocycles. The van der Waals surface area contributed by atoms with Gasteiger partial charge < -0.3 is 0 Å². The van der Waals surface area contributed by atoms with Crippen LogP contribution in [0.1, 0.15) is 0 Å². The fraction of sp³-hybridized carbons (Fsp3) is 0. The quantitative estimate of drug-likeness (QED) is 0.150. The van der Waals surface area contributed by atoms with Crippen molar-refractivity contribution in [3.63, 3.8) is 0 Å². The SMILES string of the molecule is O=S(O)O.OO.[NaH]. The topological polar surface area (TPSA) is 98.0 Å². The maximum atomic E-state index is 8.67. The summed E-state index contributed by atoms with van der Waals surface area (Å²) in [7, 11) is 0. The number of hydrogen-bond acceptors (Lipinski definition) is 3. The zero-order chi connectivity index (χ0) is 5.58. The van der Waals surface area contributed by atoms with Gasteiger partial charge in [-0.15, -0.1) is 0 Å². The molecule has 0 rings (SSSR count). The van der Waals surface area contributed by atoms with Gasteiger partial charge in [-0.25, -0.2) is 0 Å². The molecule has 0 spiro atoms. The molecule has 4 N–H and O–H groups in total. The van der Waals surface area contributed by atoms with Gasteiger partial charge in [-0.05, 0) is 0 Å². The van der Waals surface area contributed by atoms with Crippen molar-refractivity contribution in [1.82, 2.24) is 0 Å². The molecule has 7 heavy (non-hydrogen) atoms. The van der Waals surface area contributed by atoms with Gasteiger partial charge in [0.15, 0.2) is 0 Å². The van der Waals surface area contributed by atoms with Gasteiger partial charge in [-0.2, -0.15) is 4.21 Å². The molecule has 0 saturated carbocycles. The Morgan fingerprint density at radius 2 is 1.14 bits per heavy atom. The van der Waals surface area contributed by atoms with E-state index in [-0.39, 0.29) is 29.6 Å². The van der Waals surface area contributed by atoms with Crippen molar-refractivity contribution in [2.45, 2.75) is 0 Å². The van der Waals surface area contributed by atoms with Crippen LogP contribution < -0.4 is 0 Å². The summed E-state index contributed by atoms with van der Waals surface area (Å²) in [6.07, 6.45) is 0. The van der Waals surface area contributed by atoms with E-state index >= 15 is 0 Å². The average Bonchev–Trinajstić information content (AvgIpc) is 1.41. The Labute approximate surface area is 64.7 Å². The first kappa shape index (κ1) is 15.7. The van der Waals surface area contributed by atoms with Crippen LogP contribution in [0, 0.1) is 0 Å². The molecule has 5 nitrogen and oxygen atoms in total. The third kappa shape index (κ3) is 178. The molecule has 0 amide bonds. The summed E-state index contributed by atoms with van der Waals surface area (Å²) in [4.78, 5) is 0. The number of rotatable bonds is 0. The van der Waals surface area contributed by atoms with Gasteiger partial charge in [0.2, 0.25) is 0 Å². The van der Waals surface area contributed by atoms with E-state index in [0.29, 0.717) is 0 Å². The summed E-state index contributed by atoms with van der Waals surface area (Å²) in [6.45, 7) is 0. The molecular formula is H5NaO5S. The van der Waals surface area contributed by atoms with Crippen molar-refractivity contribution in [2.75, 3.05) is 0 Å². The molecule has 0 heterocycles. The zero-order valence-corrected chi connectivity index (χ0v) is 3.42. The molecule has 0 saturated heterocycles. The van der Waals surface area contributed by atoms with Gasteiger partial charge in [-0.3, -0.25) is 19.6 Å². The molecule has 7 heteroatoms. The van der Waals surface area contributed by atoms with Crippen LogP contribution in [0.2, 0.25) is 0 Å². The first-order chi connectivity index (χ1) is 2.73. The predicted octanol–water partition coefficient (Wildman–Crippen LogP) is -0.950. The van der Waals surface area contributed by atoms with Crippen LogP contribution in [-0.2, 0) is 11.4 Å². The van der Waals surface area contributed by atoms with E-state index in [1.807, 2.05) is 0 Å². The third-order valence-electron chi connectivity index (χ3n) is 0. The zero-order valence-electron chi connectivity index (χ0n) is 2.61. The summed E-state index contributed by atoms with van der Waals surface area (Å²) >= 11 is -2.61. The van der Waals surface area contributed by atoms with E-state index in [2.05, 4.69) is 0 Å². The summed E-state index contributed by atoms with van der Waals surface area (Å²) < 4.78 is 22.8. The molecule has 0 atom stereocenters. The first-order valence-corrected chi connectivity index (χ1v) is 1.80. The predicted molar refractivity (Wildman–Crippen MR) is 25.8 cm³/mol. The molecule has 0 bridgehead atoms. The van der Waals surface area contributed by atoms with Crippen LogP contribution in [0.25, 0.3) is 0 Å². The van der Waals surface area contributed by atoms with E-state index in [1.165, 1.54) is 0 Å². The molecule has 0 aliphatic carbocycles. The summed E-state index contributed by atoms with van der Waals surface area (Å²) in [5, 5.41) is 12.0. The van der Waals surface area contributed by atoms with Crippen molar-refractivity contribution < 1.29 is 23.8 Å². The molecule has 0 aromatic carbocycles. The van der Waals surface area contributed by atoms with Crippen molar-refractivity contribution in [3.8, 4) is 0 Å². The summed E-state index contributed by atoms with van der Waals surface area (Å²) in [5.74, 6) is 0. The minimum atomic E-state index is -2.61. The second-order valence-electron chi connectivity index (χ2n) is 0.231. The molecule has 0 fully saturated rings. The fourth-order valence-corrected chi connectivity index (χ4v) is 0. The second kappa shape index (κ2) is 15.8. The molecule has 0 aliphatic rings. The third-order valence-corrected chi connectivity index (χ3v) is 0. The molecule has 0 aliphatic heterocycles. The van der Waals surface area contributed by atoms with Gasteiger partial charge in [0, 0.05) is 0 Å². The normalized spacial score (nSPS) is 5.86. The van der Waals surface area contributed by atoms with Crippen LogP contribution in [0.15, 0.2) is 0 Å². The van der Waals surface area contributed by atoms with Crippen molar-refractivity contribution >= 4 is 40.9 Å². The van der Waals surface area contributed by atoms with Crippen molar-refractivity contribution in [3.05, 3.63) is 0 Å². The molecule has 0 unspecified atom stereocenters. The summed E-state index contributed by atoms with van der Waals surface area (Å²) in [6, 6.07) is 0. The Morgan fingerprint density at radius 3 is 1.14 bits per heavy atom. The molecule has 42 valence electrons. The van der Waals surface area contributed by atoms with Gasteiger partial charge in [0.1, 0.15) is 0 Å². The summed E-state index contributed by atoms with van der Waals surface area (Å²) in [5.41, 5.74) is 0. The first-order valence-electron chi connectivity index (χ1n) is 0.732. The average molecular weight is 140 g/mol. The van der Waals surface area contributed by atoms with Crippen molar-refractivity contribution in [2.24, 2.45) is 0 Å². The molecular weight excluding hydrogens is 135 g/mol. The number of hydrogen-bond donors (Lipinski definition) is 4. The molecule has 0 radical (unpaired) electrons. The van der Waals surface area contributed by atoms with Crippen LogP contribution in [0.3, 0.4) is 0 Å².